The van der Waals surface area contributed by atoms with E-state index in [4.69, 9.17) is 9.47 Å². The Hall–Kier alpha value is -2.80. The number of aliphatic hydroxyl groups is 1. The van der Waals surface area contributed by atoms with Crippen LogP contribution in [0.4, 0.5) is 14.9 Å². The van der Waals surface area contributed by atoms with Gasteiger partial charge in [-0.1, -0.05) is 18.2 Å². The predicted octanol–water partition coefficient (Wildman–Crippen LogP) is 2.58. The van der Waals surface area contributed by atoms with Crippen molar-refractivity contribution in [3.05, 3.63) is 53.8 Å². The Labute approximate surface area is 138 Å². The van der Waals surface area contributed by atoms with Crippen LogP contribution in [0.5, 0.6) is 11.5 Å². The van der Waals surface area contributed by atoms with Gasteiger partial charge in [0.05, 0.1) is 12.2 Å². The first-order chi connectivity index (χ1) is 11.5. The first kappa shape index (κ1) is 16.1. The number of halogens is 1. The number of anilines is 1. The molecule has 126 valence electrons. The summed E-state index contributed by atoms with van der Waals surface area (Å²) in [4.78, 5) is 11.9. The molecule has 6 nitrogen and oxygen atoms in total. The number of benzene rings is 2. The van der Waals surface area contributed by atoms with Gasteiger partial charge in [0, 0.05) is 0 Å². The highest BCUT2D eigenvalue weighted by Gasteiger charge is 2.26. The minimum atomic E-state index is -1.33. The van der Waals surface area contributed by atoms with E-state index in [-0.39, 0.29) is 19.0 Å². The van der Waals surface area contributed by atoms with Crippen molar-refractivity contribution in [1.82, 2.24) is 5.32 Å². The van der Waals surface area contributed by atoms with E-state index in [0.717, 1.165) is 0 Å². The average Bonchev–Trinajstić information content (AvgIpc) is 3.03. The van der Waals surface area contributed by atoms with Gasteiger partial charge in [-0.2, -0.15) is 0 Å². The van der Waals surface area contributed by atoms with Crippen LogP contribution < -0.4 is 20.1 Å². The Bertz CT molecular complexity index is 764. The predicted molar refractivity (Wildman–Crippen MR) is 85.6 cm³/mol. The van der Waals surface area contributed by atoms with Crippen LogP contribution in [0.2, 0.25) is 0 Å². The van der Waals surface area contributed by atoms with Gasteiger partial charge in [-0.25, -0.2) is 9.18 Å². The Morgan fingerprint density at radius 1 is 1.25 bits per heavy atom. The van der Waals surface area contributed by atoms with Crippen molar-refractivity contribution in [2.24, 2.45) is 0 Å². The zero-order chi connectivity index (χ0) is 17.2. The Morgan fingerprint density at radius 2 is 2.00 bits per heavy atom. The molecule has 0 saturated heterocycles. The van der Waals surface area contributed by atoms with Gasteiger partial charge in [-0.15, -0.1) is 0 Å². The molecule has 1 aliphatic rings. The summed E-state index contributed by atoms with van der Waals surface area (Å²) in [5.74, 6) is 0.624. The number of fused-ring (bicyclic) bond motifs is 1. The third-order valence-electron chi connectivity index (χ3n) is 3.71. The normalized spacial score (nSPS) is 14.8. The number of para-hydroxylation sites is 1. The first-order valence-electron chi connectivity index (χ1n) is 7.37. The van der Waals surface area contributed by atoms with Crippen molar-refractivity contribution in [2.75, 3.05) is 18.7 Å². The standard InChI is InChI=1S/C17H17FN2O4/c1-17(22,11-6-7-14-15(8-11)24-10-23-14)9-19-16(21)20-13-5-3-2-4-12(13)18/h2-8,22H,9-10H2,1H3,(H2,19,20,21)/t17-/m0/s1. The fraction of sp³-hybridized carbons (Fsp3) is 0.235. The number of carbonyl (C=O) groups excluding carboxylic acids is 1. The molecule has 3 N–H and O–H groups in total. The van der Waals surface area contributed by atoms with Crippen LogP contribution in [0, 0.1) is 5.82 Å². The Morgan fingerprint density at radius 3 is 2.79 bits per heavy atom. The van der Waals surface area contributed by atoms with Gasteiger partial charge in [-0.3, -0.25) is 0 Å². The van der Waals surface area contributed by atoms with Gasteiger partial charge in [0.15, 0.2) is 11.5 Å². The molecule has 0 fully saturated rings. The molecule has 1 atom stereocenters. The number of nitrogens with one attached hydrogen (secondary N) is 2. The first-order valence-corrected chi connectivity index (χ1v) is 7.37. The molecule has 0 aliphatic carbocycles. The summed E-state index contributed by atoms with van der Waals surface area (Å²) in [6, 6.07) is 10.3. The maximum absolute atomic E-state index is 13.5. The second-order valence-corrected chi connectivity index (χ2v) is 5.63. The lowest BCUT2D eigenvalue weighted by Crippen LogP contribution is -2.40. The van der Waals surface area contributed by atoms with Crippen molar-refractivity contribution in [1.29, 1.82) is 0 Å². The minimum Gasteiger partial charge on any atom is -0.454 e. The van der Waals surface area contributed by atoms with Crippen LogP contribution in [0.3, 0.4) is 0 Å². The van der Waals surface area contributed by atoms with Gasteiger partial charge in [0.1, 0.15) is 11.4 Å². The zero-order valence-corrected chi connectivity index (χ0v) is 13.0. The molecule has 0 saturated carbocycles. The highest BCUT2D eigenvalue weighted by Crippen LogP contribution is 2.35. The maximum Gasteiger partial charge on any atom is 0.319 e. The quantitative estimate of drug-likeness (QED) is 0.804. The van der Waals surface area contributed by atoms with Crippen LogP contribution in [0.15, 0.2) is 42.5 Å². The molecule has 2 amide bonds. The molecule has 0 bridgehead atoms. The number of ether oxygens (including phenoxy) is 2. The third kappa shape index (κ3) is 3.41. The summed E-state index contributed by atoms with van der Waals surface area (Å²) >= 11 is 0. The van der Waals surface area contributed by atoms with Crippen LogP contribution in [-0.2, 0) is 5.60 Å². The second kappa shape index (κ2) is 6.37. The largest absolute Gasteiger partial charge is 0.454 e. The number of hydrogen-bond donors (Lipinski definition) is 3. The minimum absolute atomic E-state index is 0.0626. The summed E-state index contributed by atoms with van der Waals surface area (Å²) in [5.41, 5.74) is -0.691. The zero-order valence-electron chi connectivity index (χ0n) is 13.0. The van der Waals surface area contributed by atoms with E-state index >= 15 is 0 Å². The highest BCUT2D eigenvalue weighted by atomic mass is 19.1. The maximum atomic E-state index is 13.5. The van der Waals surface area contributed by atoms with E-state index in [2.05, 4.69) is 10.6 Å². The van der Waals surface area contributed by atoms with Crippen LogP contribution >= 0.6 is 0 Å². The molecule has 24 heavy (non-hydrogen) atoms. The van der Waals surface area contributed by atoms with Crippen molar-refractivity contribution < 1.29 is 23.8 Å². The van der Waals surface area contributed by atoms with Crippen LogP contribution in [0.1, 0.15) is 12.5 Å². The van der Waals surface area contributed by atoms with Crippen molar-refractivity contribution in [3.63, 3.8) is 0 Å². The number of rotatable bonds is 4. The lowest BCUT2D eigenvalue weighted by atomic mass is 9.95. The Balaban J connectivity index is 1.62. The van der Waals surface area contributed by atoms with E-state index in [1.165, 1.54) is 18.2 Å². The molecule has 0 aromatic heterocycles. The van der Waals surface area contributed by atoms with Gasteiger partial charge < -0.3 is 25.2 Å². The molecule has 3 rings (SSSR count). The van der Waals surface area contributed by atoms with E-state index < -0.39 is 17.4 Å². The lowest BCUT2D eigenvalue weighted by molar-refractivity contribution is 0.0597. The number of carbonyl (C=O) groups is 1. The smallest absolute Gasteiger partial charge is 0.319 e. The molecular weight excluding hydrogens is 315 g/mol. The van der Waals surface area contributed by atoms with Gasteiger partial charge in [-0.05, 0) is 36.8 Å². The molecule has 2 aromatic carbocycles. The molecule has 2 aromatic rings. The number of urea groups is 1. The second-order valence-electron chi connectivity index (χ2n) is 5.63. The Kier molecular flexibility index (Phi) is 4.26. The van der Waals surface area contributed by atoms with Crippen molar-refractivity contribution in [2.45, 2.75) is 12.5 Å². The van der Waals surface area contributed by atoms with Crippen molar-refractivity contribution >= 4 is 11.7 Å². The van der Waals surface area contributed by atoms with E-state index in [1.807, 2.05) is 0 Å². The monoisotopic (exact) mass is 332 g/mol. The molecular formula is C17H17FN2O4. The third-order valence-corrected chi connectivity index (χ3v) is 3.71. The summed E-state index contributed by atoms with van der Waals surface area (Å²) in [6.45, 7) is 1.64. The number of amides is 2. The number of hydrogen-bond acceptors (Lipinski definition) is 4. The topological polar surface area (TPSA) is 79.8 Å². The highest BCUT2D eigenvalue weighted by molar-refractivity contribution is 5.89. The fourth-order valence-corrected chi connectivity index (χ4v) is 2.32. The molecule has 0 spiro atoms. The summed E-state index contributed by atoms with van der Waals surface area (Å²) in [6.07, 6.45) is 0. The average molecular weight is 332 g/mol. The summed E-state index contributed by atoms with van der Waals surface area (Å²) in [5, 5.41) is 15.5. The van der Waals surface area contributed by atoms with Crippen LogP contribution in [0.25, 0.3) is 0 Å². The summed E-state index contributed by atoms with van der Waals surface area (Å²) < 4.78 is 24.0. The van der Waals surface area contributed by atoms with E-state index in [9.17, 15) is 14.3 Å². The van der Waals surface area contributed by atoms with E-state index in [0.29, 0.717) is 17.1 Å². The van der Waals surface area contributed by atoms with Gasteiger partial charge in [0.25, 0.3) is 0 Å². The molecule has 0 unspecified atom stereocenters. The molecule has 1 heterocycles. The van der Waals surface area contributed by atoms with E-state index in [1.54, 1.807) is 31.2 Å². The molecule has 0 radical (unpaired) electrons. The fourth-order valence-electron chi connectivity index (χ4n) is 2.32. The molecule has 7 heteroatoms. The van der Waals surface area contributed by atoms with Crippen LogP contribution in [-0.4, -0.2) is 24.5 Å². The molecule has 1 aliphatic heterocycles. The van der Waals surface area contributed by atoms with Crippen molar-refractivity contribution in [3.8, 4) is 11.5 Å². The van der Waals surface area contributed by atoms with Gasteiger partial charge >= 0.3 is 6.03 Å². The van der Waals surface area contributed by atoms with Gasteiger partial charge in [0.2, 0.25) is 6.79 Å². The SMILES string of the molecule is C[C@](O)(CNC(=O)Nc1ccccc1F)c1ccc2c(c1)OCO2. The lowest BCUT2D eigenvalue weighted by Gasteiger charge is -2.24. The summed E-state index contributed by atoms with van der Waals surface area (Å²) in [7, 11) is 0.